The van der Waals surface area contributed by atoms with Crippen LogP contribution in [0, 0.1) is 0 Å². The molecule has 164 valence electrons. The Hall–Kier alpha value is -2.74. The van der Waals surface area contributed by atoms with E-state index in [4.69, 9.17) is 14.2 Å². The van der Waals surface area contributed by atoms with Crippen molar-refractivity contribution in [2.24, 2.45) is 0 Å². The van der Waals surface area contributed by atoms with Gasteiger partial charge in [-0.25, -0.2) is 0 Å². The first kappa shape index (κ1) is 22.0. The lowest BCUT2D eigenvalue weighted by molar-refractivity contribution is 0.223. The molecule has 30 heavy (non-hydrogen) atoms. The molecule has 0 spiro atoms. The highest BCUT2D eigenvalue weighted by molar-refractivity contribution is 5.48. The van der Waals surface area contributed by atoms with Crippen molar-refractivity contribution < 1.29 is 19.3 Å². The van der Waals surface area contributed by atoms with Crippen molar-refractivity contribution in [3.63, 3.8) is 0 Å². The van der Waals surface area contributed by atoms with E-state index in [0.29, 0.717) is 24.8 Å². The fraction of sp³-hybridized carbons (Fsp3) is 0.545. The first-order valence-electron chi connectivity index (χ1n) is 10.5. The number of benzene rings is 1. The molecule has 8 heteroatoms. The van der Waals surface area contributed by atoms with Gasteiger partial charge in [0.05, 0.1) is 19.8 Å². The monoisotopic (exact) mass is 416 g/mol. The second-order valence-corrected chi connectivity index (χ2v) is 7.56. The molecule has 0 bridgehead atoms. The molecule has 1 aliphatic rings. The molecule has 0 amide bonds. The van der Waals surface area contributed by atoms with E-state index < -0.39 is 0 Å². The number of ether oxygens (including phenoxy) is 3. The van der Waals surface area contributed by atoms with Crippen LogP contribution in [0.1, 0.15) is 39.2 Å². The minimum Gasteiger partial charge on any atom is -0.490 e. The predicted molar refractivity (Wildman–Crippen MR) is 116 cm³/mol. The van der Waals surface area contributed by atoms with Crippen LogP contribution in [0.3, 0.4) is 0 Å². The Morgan fingerprint density at radius 2 is 1.93 bits per heavy atom. The third-order valence-electron chi connectivity index (χ3n) is 4.95. The van der Waals surface area contributed by atoms with Crippen molar-refractivity contribution in [2.45, 2.75) is 52.3 Å². The Morgan fingerprint density at radius 1 is 1.17 bits per heavy atom. The molecule has 2 aromatic rings. The molecular weight excluding hydrogens is 384 g/mol. The van der Waals surface area contributed by atoms with Crippen molar-refractivity contribution in [3.05, 3.63) is 29.8 Å². The van der Waals surface area contributed by atoms with Crippen molar-refractivity contribution in [1.82, 2.24) is 15.3 Å². The number of aromatic nitrogens is 2. The summed E-state index contributed by atoms with van der Waals surface area (Å²) >= 11 is 0. The summed E-state index contributed by atoms with van der Waals surface area (Å²) in [5.41, 5.74) is 1.07. The Kier molecular flexibility index (Phi) is 7.57. The van der Waals surface area contributed by atoms with Gasteiger partial charge in [0, 0.05) is 18.7 Å². The van der Waals surface area contributed by atoms with Gasteiger partial charge in [0.1, 0.15) is 5.82 Å². The predicted octanol–water partition coefficient (Wildman–Crippen LogP) is 3.14. The highest BCUT2D eigenvalue weighted by Crippen LogP contribution is 2.32. The van der Waals surface area contributed by atoms with E-state index in [9.17, 15) is 5.11 Å². The van der Waals surface area contributed by atoms with Gasteiger partial charge in [-0.05, 0) is 64.4 Å². The first-order chi connectivity index (χ1) is 14.5. The summed E-state index contributed by atoms with van der Waals surface area (Å²) in [7, 11) is 1.53. The van der Waals surface area contributed by atoms with Gasteiger partial charge in [-0.2, -0.15) is 9.97 Å². The molecule has 8 nitrogen and oxygen atoms in total. The highest BCUT2D eigenvalue weighted by Gasteiger charge is 2.24. The van der Waals surface area contributed by atoms with E-state index in [0.717, 1.165) is 43.0 Å². The minimum absolute atomic E-state index is 0.0674. The summed E-state index contributed by atoms with van der Waals surface area (Å²) in [4.78, 5) is 10.4. The summed E-state index contributed by atoms with van der Waals surface area (Å²) in [6.07, 6.45) is 2.04. The quantitative estimate of drug-likeness (QED) is 0.645. The van der Waals surface area contributed by atoms with Gasteiger partial charge in [-0.1, -0.05) is 6.07 Å². The number of aromatic hydroxyl groups is 1. The number of hydrogen-bond donors (Lipinski definition) is 2. The van der Waals surface area contributed by atoms with Gasteiger partial charge in [0.2, 0.25) is 5.88 Å². The molecular formula is C22H32N4O4. The maximum Gasteiger partial charge on any atom is 0.319 e. The summed E-state index contributed by atoms with van der Waals surface area (Å²) in [5, 5.41) is 13.4. The third-order valence-corrected chi connectivity index (χ3v) is 4.95. The van der Waals surface area contributed by atoms with Crippen molar-refractivity contribution in [2.75, 3.05) is 31.7 Å². The maximum absolute atomic E-state index is 9.99. The fourth-order valence-corrected chi connectivity index (χ4v) is 3.64. The SMILES string of the molecule is CCOc1cc(CN(c2cc(OC)nc(O)n2)C2CCNCC2)ccc1OC(C)C. The van der Waals surface area contributed by atoms with Crippen LogP contribution in [0.15, 0.2) is 24.3 Å². The number of methoxy groups -OCH3 is 1. The fourth-order valence-electron chi connectivity index (χ4n) is 3.64. The second-order valence-electron chi connectivity index (χ2n) is 7.56. The zero-order valence-electron chi connectivity index (χ0n) is 18.2. The topological polar surface area (TPSA) is 89.0 Å². The van der Waals surface area contributed by atoms with E-state index in [2.05, 4.69) is 20.2 Å². The lowest BCUT2D eigenvalue weighted by atomic mass is 10.0. The van der Waals surface area contributed by atoms with E-state index in [1.807, 2.05) is 39.0 Å². The van der Waals surface area contributed by atoms with Crippen LogP contribution in [0.2, 0.25) is 0 Å². The largest absolute Gasteiger partial charge is 0.490 e. The molecule has 2 heterocycles. The number of hydrogen-bond acceptors (Lipinski definition) is 8. The van der Waals surface area contributed by atoms with Crippen LogP contribution in [0.5, 0.6) is 23.4 Å². The summed E-state index contributed by atoms with van der Waals surface area (Å²) in [5.74, 6) is 2.46. The molecule has 1 saturated heterocycles. The van der Waals surface area contributed by atoms with Crippen molar-refractivity contribution in [3.8, 4) is 23.4 Å². The molecule has 1 fully saturated rings. The molecule has 1 aromatic heterocycles. The zero-order valence-corrected chi connectivity index (χ0v) is 18.2. The molecule has 2 N–H and O–H groups in total. The lowest BCUT2D eigenvalue weighted by Gasteiger charge is -2.35. The van der Waals surface area contributed by atoms with Gasteiger partial charge in [0.25, 0.3) is 0 Å². The standard InChI is InChI=1S/C22H32N4O4/c1-5-29-19-12-16(6-7-18(19)30-15(2)3)14-26(17-8-10-23-11-9-17)20-13-21(28-4)25-22(27)24-20/h6-7,12-13,15,17,23H,5,8-11,14H2,1-4H3,(H,24,25,27). The van der Waals surface area contributed by atoms with Crippen LogP contribution < -0.4 is 24.4 Å². The summed E-state index contributed by atoms with van der Waals surface area (Å²) in [6.45, 7) is 9.03. The van der Waals surface area contributed by atoms with E-state index in [-0.39, 0.29) is 18.2 Å². The van der Waals surface area contributed by atoms with Gasteiger partial charge >= 0.3 is 6.01 Å². The second kappa shape index (κ2) is 10.3. The average molecular weight is 417 g/mol. The average Bonchev–Trinajstić information content (AvgIpc) is 2.73. The Balaban J connectivity index is 1.93. The molecule has 0 saturated carbocycles. The number of nitrogens with zero attached hydrogens (tertiary/aromatic N) is 3. The van der Waals surface area contributed by atoms with Crippen LogP contribution >= 0.6 is 0 Å². The highest BCUT2D eigenvalue weighted by atomic mass is 16.5. The van der Waals surface area contributed by atoms with Crippen LogP contribution in [-0.4, -0.2) is 54.0 Å². The number of piperidine rings is 1. The maximum atomic E-state index is 9.99. The van der Waals surface area contributed by atoms with Gasteiger partial charge in [-0.3, -0.25) is 0 Å². The van der Waals surface area contributed by atoms with E-state index in [1.54, 1.807) is 6.07 Å². The molecule has 0 atom stereocenters. The normalized spacial score (nSPS) is 14.6. The third kappa shape index (κ3) is 5.66. The van der Waals surface area contributed by atoms with Crippen LogP contribution in [0.4, 0.5) is 5.82 Å². The molecule has 3 rings (SSSR count). The van der Waals surface area contributed by atoms with Crippen LogP contribution in [0.25, 0.3) is 0 Å². The zero-order chi connectivity index (χ0) is 21.5. The molecule has 0 aliphatic carbocycles. The van der Waals surface area contributed by atoms with Gasteiger partial charge in [0.15, 0.2) is 11.5 Å². The number of rotatable bonds is 9. The van der Waals surface area contributed by atoms with Crippen molar-refractivity contribution in [1.29, 1.82) is 0 Å². The van der Waals surface area contributed by atoms with Crippen molar-refractivity contribution >= 4 is 5.82 Å². The molecule has 0 radical (unpaired) electrons. The Morgan fingerprint density at radius 3 is 2.60 bits per heavy atom. The number of nitrogens with one attached hydrogen (secondary N) is 1. The Bertz CT molecular complexity index is 825. The summed E-state index contributed by atoms with van der Waals surface area (Å²) in [6, 6.07) is 7.78. The molecule has 0 unspecified atom stereocenters. The van der Waals surface area contributed by atoms with E-state index in [1.165, 1.54) is 7.11 Å². The molecule has 1 aliphatic heterocycles. The Labute approximate surface area is 178 Å². The lowest BCUT2D eigenvalue weighted by Crippen LogP contribution is -2.43. The summed E-state index contributed by atoms with van der Waals surface area (Å²) < 4.78 is 17.0. The van der Waals surface area contributed by atoms with Gasteiger partial charge < -0.3 is 29.5 Å². The van der Waals surface area contributed by atoms with Crippen LogP contribution in [-0.2, 0) is 6.54 Å². The minimum atomic E-state index is -0.293. The number of anilines is 1. The van der Waals surface area contributed by atoms with Gasteiger partial charge in [-0.15, -0.1) is 0 Å². The first-order valence-corrected chi connectivity index (χ1v) is 10.5. The smallest absolute Gasteiger partial charge is 0.319 e. The molecule has 1 aromatic carbocycles. The van der Waals surface area contributed by atoms with E-state index >= 15 is 0 Å².